The molecule has 0 aromatic heterocycles. The summed E-state index contributed by atoms with van der Waals surface area (Å²) in [5.74, 6) is 1.77. The molecule has 1 fully saturated rings. The van der Waals surface area contributed by atoms with Gasteiger partial charge < -0.3 is 5.32 Å². The molecular weight excluding hydrogens is 218 g/mol. The van der Waals surface area contributed by atoms with Gasteiger partial charge in [0.1, 0.15) is 0 Å². The summed E-state index contributed by atoms with van der Waals surface area (Å²) in [6.07, 6.45) is 6.94. The van der Waals surface area contributed by atoms with E-state index in [0.29, 0.717) is 0 Å². The van der Waals surface area contributed by atoms with Crippen molar-refractivity contribution in [3.05, 3.63) is 35.4 Å². The van der Waals surface area contributed by atoms with Crippen LogP contribution in [0.1, 0.15) is 50.7 Å². The molecule has 0 unspecified atom stereocenters. The van der Waals surface area contributed by atoms with E-state index in [1.807, 2.05) is 0 Å². The third-order valence-electron chi connectivity index (χ3n) is 3.95. The van der Waals surface area contributed by atoms with Crippen molar-refractivity contribution in [3.8, 4) is 0 Å². The Balaban J connectivity index is 1.65. The van der Waals surface area contributed by atoms with Crippen molar-refractivity contribution >= 4 is 0 Å². The SMILES string of the molecule is CC(C)Cc1ccc(CNCCC2CCC2)cc1. The molecule has 1 aromatic carbocycles. The zero-order valence-corrected chi connectivity index (χ0v) is 11.9. The van der Waals surface area contributed by atoms with Gasteiger partial charge in [-0.05, 0) is 42.3 Å². The maximum atomic E-state index is 3.56. The molecule has 0 bridgehead atoms. The van der Waals surface area contributed by atoms with Crippen LogP contribution >= 0.6 is 0 Å². The maximum absolute atomic E-state index is 3.56. The van der Waals surface area contributed by atoms with Gasteiger partial charge in [0, 0.05) is 6.54 Å². The van der Waals surface area contributed by atoms with Crippen LogP contribution < -0.4 is 5.32 Å². The Labute approximate surface area is 112 Å². The van der Waals surface area contributed by atoms with Crippen molar-refractivity contribution in [2.45, 2.75) is 52.5 Å². The Bertz CT molecular complexity index is 335. The Hall–Kier alpha value is -0.820. The highest BCUT2D eigenvalue weighted by molar-refractivity contribution is 5.22. The summed E-state index contributed by atoms with van der Waals surface area (Å²) in [5.41, 5.74) is 2.87. The molecular formula is C17H27N. The second-order valence-corrected chi connectivity index (χ2v) is 6.18. The fourth-order valence-corrected chi connectivity index (χ4v) is 2.58. The first-order chi connectivity index (χ1) is 8.74. The molecule has 0 heterocycles. The highest BCUT2D eigenvalue weighted by Crippen LogP contribution is 2.28. The molecule has 0 aliphatic heterocycles. The Morgan fingerprint density at radius 1 is 1.11 bits per heavy atom. The average Bonchev–Trinajstić information content (AvgIpc) is 2.28. The molecule has 100 valence electrons. The number of hydrogen-bond acceptors (Lipinski definition) is 1. The lowest BCUT2D eigenvalue weighted by Crippen LogP contribution is -2.21. The fraction of sp³-hybridized carbons (Fsp3) is 0.647. The van der Waals surface area contributed by atoms with Gasteiger partial charge in [-0.15, -0.1) is 0 Å². The van der Waals surface area contributed by atoms with Gasteiger partial charge >= 0.3 is 0 Å². The summed E-state index contributed by atoms with van der Waals surface area (Å²) in [6, 6.07) is 9.11. The smallest absolute Gasteiger partial charge is 0.0205 e. The van der Waals surface area contributed by atoms with Crippen LogP contribution in [0.15, 0.2) is 24.3 Å². The number of hydrogen-bond donors (Lipinski definition) is 1. The van der Waals surface area contributed by atoms with Gasteiger partial charge in [-0.25, -0.2) is 0 Å². The summed E-state index contributed by atoms with van der Waals surface area (Å²) >= 11 is 0. The van der Waals surface area contributed by atoms with Gasteiger partial charge in [0.2, 0.25) is 0 Å². The molecule has 0 atom stereocenters. The normalized spacial score (nSPS) is 15.9. The van der Waals surface area contributed by atoms with E-state index in [2.05, 4.69) is 43.4 Å². The average molecular weight is 245 g/mol. The number of nitrogens with one attached hydrogen (secondary N) is 1. The molecule has 1 nitrogen and oxygen atoms in total. The lowest BCUT2D eigenvalue weighted by molar-refractivity contribution is 0.292. The van der Waals surface area contributed by atoms with Crippen molar-refractivity contribution < 1.29 is 0 Å². The van der Waals surface area contributed by atoms with Crippen LogP contribution in [-0.4, -0.2) is 6.54 Å². The van der Waals surface area contributed by atoms with E-state index in [4.69, 9.17) is 0 Å². The first-order valence-electron chi connectivity index (χ1n) is 7.52. The molecule has 1 saturated carbocycles. The van der Waals surface area contributed by atoms with Crippen molar-refractivity contribution in [1.29, 1.82) is 0 Å². The molecule has 2 rings (SSSR count). The van der Waals surface area contributed by atoms with Crippen LogP contribution in [0.25, 0.3) is 0 Å². The zero-order chi connectivity index (χ0) is 12.8. The summed E-state index contributed by atoms with van der Waals surface area (Å²) in [7, 11) is 0. The molecule has 1 heteroatoms. The topological polar surface area (TPSA) is 12.0 Å². The fourth-order valence-electron chi connectivity index (χ4n) is 2.58. The van der Waals surface area contributed by atoms with Crippen molar-refractivity contribution in [3.63, 3.8) is 0 Å². The van der Waals surface area contributed by atoms with Crippen molar-refractivity contribution in [2.24, 2.45) is 11.8 Å². The highest BCUT2D eigenvalue weighted by atomic mass is 14.8. The standard InChI is InChI=1S/C17H27N/c1-14(2)12-16-6-8-17(9-7-16)13-18-11-10-15-4-3-5-15/h6-9,14-15,18H,3-5,10-13H2,1-2H3. The van der Waals surface area contributed by atoms with Crippen LogP contribution in [-0.2, 0) is 13.0 Å². The van der Waals surface area contributed by atoms with Gasteiger partial charge in [0.05, 0.1) is 0 Å². The molecule has 0 amide bonds. The van der Waals surface area contributed by atoms with E-state index in [1.54, 1.807) is 0 Å². The maximum Gasteiger partial charge on any atom is 0.0205 e. The summed E-state index contributed by atoms with van der Waals surface area (Å²) in [5, 5.41) is 3.56. The third-order valence-corrected chi connectivity index (χ3v) is 3.95. The molecule has 0 spiro atoms. The van der Waals surface area contributed by atoms with Crippen molar-refractivity contribution in [2.75, 3.05) is 6.54 Å². The minimum atomic E-state index is 0.747. The van der Waals surface area contributed by atoms with E-state index in [9.17, 15) is 0 Å². The van der Waals surface area contributed by atoms with Gasteiger partial charge in [-0.3, -0.25) is 0 Å². The third kappa shape index (κ3) is 4.45. The predicted molar refractivity (Wildman–Crippen MR) is 78.6 cm³/mol. The zero-order valence-electron chi connectivity index (χ0n) is 11.9. The van der Waals surface area contributed by atoms with E-state index < -0.39 is 0 Å². The van der Waals surface area contributed by atoms with E-state index >= 15 is 0 Å². The van der Waals surface area contributed by atoms with Crippen LogP contribution in [0.2, 0.25) is 0 Å². The van der Waals surface area contributed by atoms with Crippen LogP contribution in [0.3, 0.4) is 0 Å². The van der Waals surface area contributed by atoms with Crippen LogP contribution in [0.5, 0.6) is 0 Å². The van der Waals surface area contributed by atoms with Gasteiger partial charge in [0.15, 0.2) is 0 Å². The second kappa shape index (κ2) is 6.94. The van der Waals surface area contributed by atoms with E-state index in [1.165, 1.54) is 49.8 Å². The quantitative estimate of drug-likeness (QED) is 0.711. The minimum Gasteiger partial charge on any atom is -0.313 e. The van der Waals surface area contributed by atoms with E-state index in [-0.39, 0.29) is 0 Å². The largest absolute Gasteiger partial charge is 0.313 e. The highest BCUT2D eigenvalue weighted by Gasteiger charge is 2.15. The summed E-state index contributed by atoms with van der Waals surface area (Å²) < 4.78 is 0. The predicted octanol–water partition coefficient (Wildman–Crippen LogP) is 4.16. The first-order valence-corrected chi connectivity index (χ1v) is 7.52. The summed E-state index contributed by atoms with van der Waals surface area (Å²) in [6.45, 7) is 6.75. The number of benzene rings is 1. The van der Waals surface area contributed by atoms with Gasteiger partial charge in [-0.1, -0.05) is 57.4 Å². The molecule has 0 radical (unpaired) electrons. The lowest BCUT2D eigenvalue weighted by atomic mass is 9.83. The van der Waals surface area contributed by atoms with Crippen LogP contribution in [0.4, 0.5) is 0 Å². The minimum absolute atomic E-state index is 0.747. The Morgan fingerprint density at radius 2 is 1.78 bits per heavy atom. The monoisotopic (exact) mass is 245 g/mol. The second-order valence-electron chi connectivity index (χ2n) is 6.18. The van der Waals surface area contributed by atoms with Crippen molar-refractivity contribution in [1.82, 2.24) is 5.32 Å². The molecule has 1 aliphatic carbocycles. The van der Waals surface area contributed by atoms with Gasteiger partial charge in [-0.2, -0.15) is 0 Å². The molecule has 1 aliphatic rings. The molecule has 1 N–H and O–H groups in total. The lowest BCUT2D eigenvalue weighted by Gasteiger charge is -2.25. The molecule has 1 aromatic rings. The van der Waals surface area contributed by atoms with Gasteiger partial charge in [0.25, 0.3) is 0 Å². The molecule has 18 heavy (non-hydrogen) atoms. The number of rotatable bonds is 7. The Kier molecular flexibility index (Phi) is 5.25. The Morgan fingerprint density at radius 3 is 2.33 bits per heavy atom. The van der Waals surface area contributed by atoms with E-state index in [0.717, 1.165) is 18.4 Å². The molecule has 0 saturated heterocycles. The van der Waals surface area contributed by atoms with Crippen LogP contribution in [0, 0.1) is 11.8 Å². The first kappa shape index (κ1) is 13.6. The summed E-state index contributed by atoms with van der Waals surface area (Å²) in [4.78, 5) is 0.